The zero-order valence-electron chi connectivity index (χ0n) is 14.6. The normalized spacial score (nSPS) is 14.0. The third-order valence-corrected chi connectivity index (χ3v) is 4.64. The fraction of sp³-hybridized carbons (Fsp3) is 0.250. The van der Waals surface area contributed by atoms with Gasteiger partial charge >= 0.3 is 0 Å². The number of primary amides is 1. The van der Waals surface area contributed by atoms with Gasteiger partial charge in [0, 0.05) is 48.7 Å². The van der Waals surface area contributed by atoms with Crippen molar-refractivity contribution in [2.45, 2.75) is 6.92 Å². The Kier molecular flexibility index (Phi) is 4.90. The lowest BCUT2D eigenvalue weighted by Gasteiger charge is -2.38. The number of Topliss-reactive ketones (excluding diaryl/α,β-unsaturated/α-hetero) is 1. The second kappa shape index (κ2) is 7.28. The summed E-state index contributed by atoms with van der Waals surface area (Å²) in [4.78, 5) is 27.5. The number of nitrogens with two attached hydrogens (primary N) is 1. The molecule has 1 heterocycles. The summed E-state index contributed by atoms with van der Waals surface area (Å²) in [5.74, 6) is -0.440. The van der Waals surface area contributed by atoms with Crippen molar-refractivity contribution in [2.24, 2.45) is 5.73 Å². The quantitative estimate of drug-likeness (QED) is 0.855. The van der Waals surface area contributed by atoms with E-state index >= 15 is 0 Å². The van der Waals surface area contributed by atoms with E-state index in [1.807, 2.05) is 12.1 Å². The Morgan fingerprint density at radius 2 is 1.62 bits per heavy atom. The topological polar surface area (TPSA) is 90.4 Å². The smallest absolute Gasteiger partial charge is 0.248 e. The molecule has 6 heteroatoms. The van der Waals surface area contributed by atoms with Crippen LogP contribution in [0.1, 0.15) is 33.2 Å². The molecule has 0 bridgehead atoms. The molecule has 132 valence electrons. The molecular formula is C20H20N4O2. The van der Waals surface area contributed by atoms with Gasteiger partial charge in [0.15, 0.2) is 5.78 Å². The number of hydrogen-bond acceptors (Lipinski definition) is 5. The van der Waals surface area contributed by atoms with Gasteiger partial charge in [0.2, 0.25) is 5.91 Å². The first-order valence-electron chi connectivity index (χ1n) is 8.44. The van der Waals surface area contributed by atoms with E-state index in [1.165, 1.54) is 0 Å². The van der Waals surface area contributed by atoms with Crippen LogP contribution in [0.3, 0.4) is 0 Å². The average Bonchev–Trinajstić information content (AvgIpc) is 2.67. The Balaban J connectivity index is 1.75. The highest BCUT2D eigenvalue weighted by atomic mass is 16.1. The van der Waals surface area contributed by atoms with Gasteiger partial charge in [-0.1, -0.05) is 0 Å². The van der Waals surface area contributed by atoms with Crippen LogP contribution in [0.15, 0.2) is 42.5 Å². The molecular weight excluding hydrogens is 328 g/mol. The Labute approximate surface area is 152 Å². The lowest BCUT2D eigenvalue weighted by Crippen LogP contribution is -2.47. The second-order valence-corrected chi connectivity index (χ2v) is 6.29. The molecule has 1 fully saturated rings. The van der Waals surface area contributed by atoms with Crippen LogP contribution in [0.25, 0.3) is 0 Å². The van der Waals surface area contributed by atoms with Gasteiger partial charge in [0.05, 0.1) is 11.6 Å². The molecule has 0 saturated carbocycles. The maximum Gasteiger partial charge on any atom is 0.248 e. The standard InChI is InChI=1S/C20H20N4O2/c1-14(25)18-7-2-15(13-21)12-19(18)24-10-8-23(9-11-24)17-5-3-16(4-6-17)20(22)26/h2-7,12H,8-11H2,1H3,(H2,22,26). The summed E-state index contributed by atoms with van der Waals surface area (Å²) in [6, 6.07) is 14.6. The SMILES string of the molecule is CC(=O)c1ccc(C#N)cc1N1CCN(c2ccc(C(N)=O)cc2)CC1. The van der Waals surface area contributed by atoms with Gasteiger partial charge in [-0.25, -0.2) is 0 Å². The average molecular weight is 348 g/mol. The van der Waals surface area contributed by atoms with Crippen molar-refractivity contribution in [1.29, 1.82) is 5.26 Å². The van der Waals surface area contributed by atoms with Crippen LogP contribution >= 0.6 is 0 Å². The molecule has 0 atom stereocenters. The van der Waals surface area contributed by atoms with Crippen molar-refractivity contribution in [3.05, 3.63) is 59.2 Å². The van der Waals surface area contributed by atoms with Crippen molar-refractivity contribution in [1.82, 2.24) is 0 Å². The highest BCUT2D eigenvalue weighted by molar-refractivity contribution is 6.00. The Morgan fingerprint density at radius 3 is 2.15 bits per heavy atom. The van der Waals surface area contributed by atoms with Crippen molar-refractivity contribution >= 4 is 23.1 Å². The van der Waals surface area contributed by atoms with Crippen molar-refractivity contribution in [3.63, 3.8) is 0 Å². The van der Waals surface area contributed by atoms with Crippen LogP contribution < -0.4 is 15.5 Å². The molecule has 6 nitrogen and oxygen atoms in total. The molecule has 0 aliphatic carbocycles. The maximum absolute atomic E-state index is 11.9. The highest BCUT2D eigenvalue weighted by Crippen LogP contribution is 2.26. The van der Waals surface area contributed by atoms with Gasteiger partial charge in [-0.15, -0.1) is 0 Å². The number of nitriles is 1. The van der Waals surface area contributed by atoms with Crippen LogP contribution in [0.5, 0.6) is 0 Å². The summed E-state index contributed by atoms with van der Waals surface area (Å²) in [7, 11) is 0. The molecule has 0 unspecified atom stereocenters. The van der Waals surface area contributed by atoms with Gasteiger partial charge in [-0.2, -0.15) is 5.26 Å². The molecule has 2 N–H and O–H groups in total. The number of piperazine rings is 1. The zero-order valence-corrected chi connectivity index (χ0v) is 14.6. The third-order valence-electron chi connectivity index (χ3n) is 4.64. The second-order valence-electron chi connectivity index (χ2n) is 6.29. The molecule has 26 heavy (non-hydrogen) atoms. The lowest BCUT2D eigenvalue weighted by molar-refractivity contribution is 0.0996. The highest BCUT2D eigenvalue weighted by Gasteiger charge is 2.21. The fourth-order valence-electron chi connectivity index (χ4n) is 3.20. The number of rotatable bonds is 4. The van der Waals surface area contributed by atoms with Crippen LogP contribution in [0.2, 0.25) is 0 Å². The number of ketones is 1. The molecule has 0 radical (unpaired) electrons. The maximum atomic E-state index is 11.9. The first kappa shape index (κ1) is 17.5. The molecule has 3 rings (SSSR count). The number of hydrogen-bond donors (Lipinski definition) is 1. The minimum atomic E-state index is -0.435. The Hall–Kier alpha value is -3.33. The number of carbonyl (C=O) groups is 2. The number of carbonyl (C=O) groups excluding carboxylic acids is 2. The summed E-state index contributed by atoms with van der Waals surface area (Å²) in [5, 5.41) is 9.15. The predicted octanol–water partition coefficient (Wildman–Crippen LogP) is 2.19. The van der Waals surface area contributed by atoms with Crippen LogP contribution in [-0.2, 0) is 0 Å². The number of amides is 1. The van der Waals surface area contributed by atoms with Crippen LogP contribution in [0, 0.1) is 11.3 Å². The van der Waals surface area contributed by atoms with E-state index in [-0.39, 0.29) is 5.78 Å². The van der Waals surface area contributed by atoms with Gasteiger partial charge in [-0.3, -0.25) is 9.59 Å². The van der Waals surface area contributed by atoms with Crippen LogP contribution in [0.4, 0.5) is 11.4 Å². The van der Waals surface area contributed by atoms with E-state index < -0.39 is 5.91 Å². The van der Waals surface area contributed by atoms with Gasteiger partial charge in [0.25, 0.3) is 0 Å². The first-order chi connectivity index (χ1) is 12.5. The summed E-state index contributed by atoms with van der Waals surface area (Å²) in [6.45, 7) is 4.59. The zero-order chi connectivity index (χ0) is 18.7. The van der Waals surface area contributed by atoms with E-state index in [9.17, 15) is 9.59 Å². The predicted molar refractivity (Wildman–Crippen MR) is 101 cm³/mol. The molecule has 0 aromatic heterocycles. The number of nitrogens with zero attached hydrogens (tertiary/aromatic N) is 3. The minimum Gasteiger partial charge on any atom is -0.368 e. The van der Waals surface area contributed by atoms with Crippen molar-refractivity contribution in [3.8, 4) is 6.07 Å². The van der Waals surface area contributed by atoms with E-state index in [4.69, 9.17) is 11.0 Å². The molecule has 2 aromatic carbocycles. The van der Waals surface area contributed by atoms with E-state index in [0.717, 1.165) is 37.6 Å². The van der Waals surface area contributed by atoms with Crippen LogP contribution in [-0.4, -0.2) is 37.9 Å². The van der Waals surface area contributed by atoms with E-state index in [2.05, 4.69) is 15.9 Å². The summed E-state index contributed by atoms with van der Waals surface area (Å²) in [6.07, 6.45) is 0. The summed E-state index contributed by atoms with van der Waals surface area (Å²) in [5.41, 5.74) is 8.82. The molecule has 1 aliphatic rings. The summed E-state index contributed by atoms with van der Waals surface area (Å²) >= 11 is 0. The largest absolute Gasteiger partial charge is 0.368 e. The third kappa shape index (κ3) is 3.52. The van der Waals surface area contributed by atoms with Gasteiger partial charge in [0.1, 0.15) is 0 Å². The van der Waals surface area contributed by atoms with Crippen molar-refractivity contribution in [2.75, 3.05) is 36.0 Å². The number of benzene rings is 2. The fourth-order valence-corrected chi connectivity index (χ4v) is 3.20. The molecule has 1 amide bonds. The number of anilines is 2. The Morgan fingerprint density at radius 1 is 1.00 bits per heavy atom. The summed E-state index contributed by atoms with van der Waals surface area (Å²) < 4.78 is 0. The van der Waals surface area contributed by atoms with Gasteiger partial charge in [-0.05, 0) is 49.4 Å². The molecule has 2 aromatic rings. The minimum absolute atomic E-state index is 0.00559. The molecule has 1 saturated heterocycles. The first-order valence-corrected chi connectivity index (χ1v) is 8.44. The van der Waals surface area contributed by atoms with E-state index in [0.29, 0.717) is 16.7 Å². The molecule has 1 aliphatic heterocycles. The Bertz CT molecular complexity index is 876. The van der Waals surface area contributed by atoms with Gasteiger partial charge < -0.3 is 15.5 Å². The van der Waals surface area contributed by atoms with E-state index in [1.54, 1.807) is 37.3 Å². The van der Waals surface area contributed by atoms with Crippen molar-refractivity contribution < 1.29 is 9.59 Å². The lowest BCUT2D eigenvalue weighted by atomic mass is 10.0. The monoisotopic (exact) mass is 348 g/mol. The molecule has 0 spiro atoms.